The molecule has 0 aromatic rings. The minimum absolute atomic E-state index is 0. The minimum atomic E-state index is -2.74. The zero-order valence-electron chi connectivity index (χ0n) is 10.0. The predicted molar refractivity (Wildman–Crippen MR) is 52.6 cm³/mol. The molecule has 0 heterocycles. The summed E-state index contributed by atoms with van der Waals surface area (Å²) >= 11 is 0. The summed E-state index contributed by atoms with van der Waals surface area (Å²) < 4.78 is 4.33. The van der Waals surface area contributed by atoms with E-state index in [4.69, 9.17) is 20.4 Å². The second kappa shape index (κ2) is 7.80. The van der Waals surface area contributed by atoms with Gasteiger partial charge in [0.05, 0.1) is 12.8 Å². The van der Waals surface area contributed by atoms with Crippen molar-refractivity contribution < 1.29 is 63.8 Å². The molecule has 0 saturated carbocycles. The number of hydrogen-bond acceptors (Lipinski definition) is 6. The van der Waals surface area contributed by atoms with E-state index in [0.717, 1.165) is 6.92 Å². The van der Waals surface area contributed by atoms with Crippen LogP contribution in [0.3, 0.4) is 0 Å². The van der Waals surface area contributed by atoms with E-state index in [1.54, 1.807) is 0 Å². The van der Waals surface area contributed by atoms with Gasteiger partial charge in [0.2, 0.25) is 5.60 Å². The summed E-state index contributed by atoms with van der Waals surface area (Å²) in [4.78, 5) is 43.2. The molecule has 10 heteroatoms. The number of carboxylic acid groups (broad SMARTS) is 3. The first kappa shape index (κ1) is 19.8. The maximum absolute atomic E-state index is 11.1. The standard InChI is InChI=1S/C9H12O9.Zn/c1-4(10)7(15)18-9(8(16)17,2-5(11)12)3-6(13)14;/h4,10H,2-3H2,1H3,(H,11,12)(H,13,14)(H,16,17);. The molecule has 0 amide bonds. The molecule has 0 aliphatic carbocycles. The van der Waals surface area contributed by atoms with Gasteiger partial charge in [-0.25, -0.2) is 9.59 Å². The summed E-state index contributed by atoms with van der Waals surface area (Å²) in [6, 6.07) is 0. The van der Waals surface area contributed by atoms with Gasteiger partial charge in [-0.2, -0.15) is 0 Å². The molecule has 9 nitrogen and oxygen atoms in total. The van der Waals surface area contributed by atoms with E-state index in [-0.39, 0.29) is 19.5 Å². The number of esters is 1. The Kier molecular flexibility index (Phi) is 8.13. The fraction of sp³-hybridized carbons (Fsp3) is 0.556. The summed E-state index contributed by atoms with van der Waals surface area (Å²) in [6.07, 6.45) is -4.16. The number of aliphatic carboxylic acids is 3. The predicted octanol–water partition coefficient (Wildman–Crippen LogP) is -1.32. The third kappa shape index (κ3) is 6.26. The molecule has 0 fully saturated rings. The number of hydrogen-bond donors (Lipinski definition) is 4. The van der Waals surface area contributed by atoms with Crippen molar-refractivity contribution in [2.75, 3.05) is 0 Å². The van der Waals surface area contributed by atoms with Crippen LogP contribution in [0.15, 0.2) is 0 Å². The van der Waals surface area contributed by atoms with Gasteiger partial charge in [0.15, 0.2) is 0 Å². The van der Waals surface area contributed by atoms with Gasteiger partial charge in [0.25, 0.3) is 0 Å². The van der Waals surface area contributed by atoms with Crippen molar-refractivity contribution in [2.45, 2.75) is 31.5 Å². The summed E-state index contributed by atoms with van der Waals surface area (Å²) in [5.41, 5.74) is -2.74. The van der Waals surface area contributed by atoms with Gasteiger partial charge >= 0.3 is 23.9 Å². The Hall–Kier alpha value is -1.54. The van der Waals surface area contributed by atoms with Crippen molar-refractivity contribution in [3.05, 3.63) is 0 Å². The van der Waals surface area contributed by atoms with Crippen LogP contribution < -0.4 is 0 Å². The van der Waals surface area contributed by atoms with Crippen molar-refractivity contribution in [1.29, 1.82) is 0 Å². The van der Waals surface area contributed by atoms with Crippen molar-refractivity contribution in [2.24, 2.45) is 0 Å². The number of ether oxygens (including phenoxy) is 1. The number of carboxylic acids is 3. The molecular weight excluding hydrogens is 317 g/mol. The number of carbonyl (C=O) groups excluding carboxylic acids is 1. The van der Waals surface area contributed by atoms with Crippen LogP contribution in [0.4, 0.5) is 0 Å². The van der Waals surface area contributed by atoms with Crippen LogP contribution in [0.25, 0.3) is 0 Å². The van der Waals surface area contributed by atoms with Crippen molar-refractivity contribution in [1.82, 2.24) is 0 Å². The minimum Gasteiger partial charge on any atom is -0.481 e. The fourth-order valence-electron chi connectivity index (χ4n) is 1.10. The average Bonchev–Trinajstić information content (AvgIpc) is 2.14. The van der Waals surface area contributed by atoms with Gasteiger partial charge in [0.1, 0.15) is 6.10 Å². The Morgan fingerprint density at radius 3 is 1.63 bits per heavy atom. The first-order chi connectivity index (χ1) is 8.10. The van der Waals surface area contributed by atoms with E-state index in [1.165, 1.54) is 0 Å². The van der Waals surface area contributed by atoms with Gasteiger partial charge in [0, 0.05) is 19.5 Å². The first-order valence-corrected chi connectivity index (χ1v) is 4.68. The third-order valence-corrected chi connectivity index (χ3v) is 1.90. The van der Waals surface area contributed by atoms with Gasteiger partial charge in [-0.1, -0.05) is 0 Å². The number of rotatable bonds is 7. The Bertz CT molecular complexity index is 360. The SMILES string of the molecule is CC(O)C(=O)OC(CC(=O)O)(CC(=O)O)C(=O)O.[Zn]. The van der Waals surface area contributed by atoms with Crippen molar-refractivity contribution in [3.8, 4) is 0 Å². The molecule has 0 saturated heterocycles. The third-order valence-electron chi connectivity index (χ3n) is 1.90. The van der Waals surface area contributed by atoms with Gasteiger partial charge in [-0.3, -0.25) is 9.59 Å². The fourth-order valence-corrected chi connectivity index (χ4v) is 1.10. The largest absolute Gasteiger partial charge is 0.481 e. The van der Waals surface area contributed by atoms with Gasteiger partial charge in [-0.05, 0) is 6.92 Å². The molecule has 0 aliphatic rings. The number of aliphatic hydroxyl groups excluding tert-OH is 1. The summed E-state index contributed by atoms with van der Waals surface area (Å²) in [6.45, 7) is 0.969. The van der Waals surface area contributed by atoms with Gasteiger partial charge in [-0.15, -0.1) is 0 Å². The maximum atomic E-state index is 11.1. The monoisotopic (exact) mass is 328 g/mol. The van der Waals surface area contributed by atoms with Gasteiger partial charge < -0.3 is 25.2 Å². The Morgan fingerprint density at radius 2 is 1.42 bits per heavy atom. The van der Waals surface area contributed by atoms with Crippen LogP contribution in [0.2, 0.25) is 0 Å². The Labute approximate surface area is 119 Å². The van der Waals surface area contributed by atoms with E-state index < -0.39 is 48.4 Å². The molecule has 1 atom stereocenters. The molecule has 19 heavy (non-hydrogen) atoms. The van der Waals surface area contributed by atoms with Crippen LogP contribution in [-0.2, 0) is 43.4 Å². The number of carbonyl (C=O) groups is 4. The second-order valence-electron chi connectivity index (χ2n) is 3.54. The topological polar surface area (TPSA) is 158 Å². The summed E-state index contributed by atoms with van der Waals surface area (Å²) in [5, 5.41) is 34.8. The molecule has 1 unspecified atom stereocenters. The van der Waals surface area contributed by atoms with Crippen LogP contribution >= 0.6 is 0 Å². The quantitative estimate of drug-likeness (QED) is 0.328. The van der Waals surface area contributed by atoms with Crippen LogP contribution in [0.5, 0.6) is 0 Å². The van der Waals surface area contributed by atoms with E-state index >= 15 is 0 Å². The number of aliphatic hydroxyl groups is 1. The summed E-state index contributed by atoms with van der Waals surface area (Å²) in [5.74, 6) is -6.64. The van der Waals surface area contributed by atoms with E-state index in [2.05, 4.69) is 4.74 Å². The molecule has 0 rings (SSSR count). The normalized spacial score (nSPS) is 11.9. The smallest absolute Gasteiger partial charge is 0.349 e. The Morgan fingerprint density at radius 1 is 1.05 bits per heavy atom. The van der Waals surface area contributed by atoms with Crippen LogP contribution in [0.1, 0.15) is 19.8 Å². The van der Waals surface area contributed by atoms with E-state index in [1.807, 2.05) is 0 Å². The maximum Gasteiger partial charge on any atom is 0.349 e. The molecule has 104 valence electrons. The van der Waals surface area contributed by atoms with Crippen LogP contribution in [-0.4, -0.2) is 56.0 Å². The first-order valence-electron chi connectivity index (χ1n) is 4.68. The van der Waals surface area contributed by atoms with E-state index in [0.29, 0.717) is 0 Å². The zero-order valence-corrected chi connectivity index (χ0v) is 13.0. The molecular formula is C9H12O9Zn. The summed E-state index contributed by atoms with van der Waals surface area (Å²) in [7, 11) is 0. The zero-order chi connectivity index (χ0) is 14.5. The van der Waals surface area contributed by atoms with Crippen molar-refractivity contribution >= 4 is 23.9 Å². The van der Waals surface area contributed by atoms with Crippen LogP contribution in [0, 0.1) is 0 Å². The molecule has 4 N–H and O–H groups in total. The molecule has 0 radical (unpaired) electrons. The van der Waals surface area contributed by atoms with E-state index in [9.17, 15) is 19.2 Å². The molecule has 0 spiro atoms. The average molecular weight is 330 g/mol. The molecule has 0 aliphatic heterocycles. The Balaban J connectivity index is 0. The second-order valence-corrected chi connectivity index (χ2v) is 3.54. The molecule has 0 bridgehead atoms. The molecule has 0 aromatic carbocycles. The van der Waals surface area contributed by atoms with Crippen molar-refractivity contribution in [3.63, 3.8) is 0 Å². The molecule has 0 aromatic heterocycles.